The first-order valence-electron chi connectivity index (χ1n) is 6.52. The number of oxazole rings is 1. The molecule has 0 spiro atoms. The molecule has 5 nitrogen and oxygen atoms in total. The molecule has 3 rings (SSSR count). The SMILES string of the molecule is CC1(c2nc3ccc(Br)cc3o2)CCN(C(=O)O)CC1. The third-order valence-electron chi connectivity index (χ3n) is 4.00. The molecule has 1 aromatic carbocycles. The van der Waals surface area contributed by atoms with Gasteiger partial charge in [-0.2, -0.15) is 0 Å². The number of aromatic nitrogens is 1. The Bertz CT molecular complexity index is 659. The second-order valence-corrected chi connectivity index (χ2v) is 6.38. The van der Waals surface area contributed by atoms with Crippen molar-refractivity contribution in [1.29, 1.82) is 0 Å². The third kappa shape index (κ3) is 2.28. The maximum atomic E-state index is 11.0. The lowest BCUT2D eigenvalue weighted by molar-refractivity contribution is 0.113. The fraction of sp³-hybridized carbons (Fsp3) is 0.429. The van der Waals surface area contributed by atoms with Crippen LogP contribution in [0.4, 0.5) is 4.79 Å². The van der Waals surface area contributed by atoms with E-state index in [9.17, 15) is 4.79 Å². The number of nitrogens with zero attached hydrogens (tertiary/aromatic N) is 2. The molecule has 0 aliphatic carbocycles. The number of halogens is 1. The van der Waals surface area contributed by atoms with Crippen LogP contribution in [0, 0.1) is 0 Å². The predicted octanol–water partition coefficient (Wildman–Crippen LogP) is 3.62. The standard InChI is InChI=1S/C14H15BrN2O3/c1-14(4-6-17(7-5-14)13(18)19)12-16-10-3-2-9(15)8-11(10)20-12/h2-3,8H,4-7H2,1H3,(H,18,19). The number of benzene rings is 1. The fourth-order valence-corrected chi connectivity index (χ4v) is 2.90. The average molecular weight is 339 g/mol. The Kier molecular flexibility index (Phi) is 3.20. The summed E-state index contributed by atoms with van der Waals surface area (Å²) in [5.41, 5.74) is 1.40. The minimum absolute atomic E-state index is 0.197. The molecule has 20 heavy (non-hydrogen) atoms. The number of hydrogen-bond acceptors (Lipinski definition) is 3. The zero-order valence-electron chi connectivity index (χ0n) is 11.1. The minimum atomic E-state index is -0.853. The van der Waals surface area contributed by atoms with Gasteiger partial charge in [0, 0.05) is 23.0 Å². The van der Waals surface area contributed by atoms with Crippen molar-refractivity contribution in [2.45, 2.75) is 25.2 Å². The van der Waals surface area contributed by atoms with Crippen molar-refractivity contribution in [1.82, 2.24) is 9.88 Å². The van der Waals surface area contributed by atoms with Gasteiger partial charge in [-0.1, -0.05) is 22.9 Å². The highest BCUT2D eigenvalue weighted by Crippen LogP contribution is 2.36. The van der Waals surface area contributed by atoms with E-state index < -0.39 is 6.09 Å². The van der Waals surface area contributed by atoms with E-state index in [1.54, 1.807) is 0 Å². The summed E-state index contributed by atoms with van der Waals surface area (Å²) in [7, 11) is 0. The van der Waals surface area contributed by atoms with Gasteiger partial charge in [0.1, 0.15) is 5.52 Å². The van der Waals surface area contributed by atoms with Gasteiger partial charge < -0.3 is 14.4 Å². The maximum Gasteiger partial charge on any atom is 0.407 e. The summed E-state index contributed by atoms with van der Waals surface area (Å²) in [6.45, 7) is 3.13. The summed E-state index contributed by atoms with van der Waals surface area (Å²) < 4.78 is 6.84. The third-order valence-corrected chi connectivity index (χ3v) is 4.50. The Balaban J connectivity index is 1.89. The zero-order valence-corrected chi connectivity index (χ0v) is 12.7. The molecule has 1 N–H and O–H groups in total. The van der Waals surface area contributed by atoms with E-state index in [2.05, 4.69) is 27.8 Å². The Morgan fingerprint density at radius 3 is 2.80 bits per heavy atom. The van der Waals surface area contributed by atoms with Gasteiger partial charge in [0.25, 0.3) is 0 Å². The molecule has 1 aromatic heterocycles. The summed E-state index contributed by atoms with van der Waals surface area (Å²) >= 11 is 3.42. The van der Waals surface area contributed by atoms with Crippen molar-refractivity contribution in [2.75, 3.05) is 13.1 Å². The molecule has 1 aliphatic rings. The first kappa shape index (κ1) is 13.4. The summed E-state index contributed by atoms with van der Waals surface area (Å²) in [6.07, 6.45) is 0.606. The average Bonchev–Trinajstić information content (AvgIpc) is 2.83. The fourth-order valence-electron chi connectivity index (χ4n) is 2.56. The largest absolute Gasteiger partial charge is 0.465 e. The van der Waals surface area contributed by atoms with Crippen LogP contribution in [0.2, 0.25) is 0 Å². The second-order valence-electron chi connectivity index (χ2n) is 5.46. The smallest absolute Gasteiger partial charge is 0.407 e. The van der Waals surface area contributed by atoms with Crippen LogP contribution in [-0.4, -0.2) is 34.2 Å². The van der Waals surface area contributed by atoms with Crippen LogP contribution in [0.1, 0.15) is 25.7 Å². The summed E-state index contributed by atoms with van der Waals surface area (Å²) in [4.78, 5) is 17.0. The normalized spacial score (nSPS) is 18.4. The van der Waals surface area contributed by atoms with E-state index in [1.807, 2.05) is 18.2 Å². The number of likely N-dealkylation sites (tertiary alicyclic amines) is 1. The van der Waals surface area contributed by atoms with Crippen LogP contribution in [-0.2, 0) is 5.41 Å². The Labute approximate surface area is 124 Å². The molecule has 2 heterocycles. The Morgan fingerprint density at radius 2 is 2.15 bits per heavy atom. The van der Waals surface area contributed by atoms with E-state index in [4.69, 9.17) is 9.52 Å². The van der Waals surface area contributed by atoms with Gasteiger partial charge >= 0.3 is 6.09 Å². The summed E-state index contributed by atoms with van der Waals surface area (Å²) in [5.74, 6) is 0.704. The maximum absolute atomic E-state index is 11.0. The molecule has 0 atom stereocenters. The molecule has 0 radical (unpaired) electrons. The Morgan fingerprint density at radius 1 is 1.45 bits per heavy atom. The van der Waals surface area contributed by atoms with Crippen molar-refractivity contribution >= 4 is 33.1 Å². The minimum Gasteiger partial charge on any atom is -0.465 e. The molecule has 1 amide bonds. The van der Waals surface area contributed by atoms with Gasteiger partial charge in [-0.05, 0) is 31.0 Å². The highest BCUT2D eigenvalue weighted by Gasteiger charge is 2.37. The topological polar surface area (TPSA) is 66.6 Å². The number of fused-ring (bicyclic) bond motifs is 1. The first-order chi connectivity index (χ1) is 9.48. The molecular formula is C14H15BrN2O3. The van der Waals surface area contributed by atoms with E-state index in [1.165, 1.54) is 4.90 Å². The van der Waals surface area contributed by atoms with Crippen LogP contribution in [0.25, 0.3) is 11.1 Å². The van der Waals surface area contributed by atoms with Crippen molar-refractivity contribution in [3.8, 4) is 0 Å². The lowest BCUT2D eigenvalue weighted by atomic mass is 9.80. The molecule has 1 aliphatic heterocycles. The van der Waals surface area contributed by atoms with E-state index in [0.717, 1.165) is 28.4 Å². The van der Waals surface area contributed by atoms with Crippen LogP contribution in [0.15, 0.2) is 27.1 Å². The van der Waals surface area contributed by atoms with Gasteiger partial charge in [0.05, 0.1) is 0 Å². The number of carbonyl (C=O) groups is 1. The van der Waals surface area contributed by atoms with Gasteiger partial charge in [-0.25, -0.2) is 9.78 Å². The number of hydrogen-bond donors (Lipinski definition) is 1. The van der Waals surface area contributed by atoms with Crippen LogP contribution >= 0.6 is 15.9 Å². The molecule has 0 saturated carbocycles. The van der Waals surface area contributed by atoms with Gasteiger partial charge in [-0.15, -0.1) is 0 Å². The van der Waals surface area contributed by atoms with Crippen LogP contribution < -0.4 is 0 Å². The predicted molar refractivity (Wildman–Crippen MR) is 77.9 cm³/mol. The Hall–Kier alpha value is -1.56. The van der Waals surface area contributed by atoms with Gasteiger partial charge in [0.15, 0.2) is 5.58 Å². The number of piperidine rings is 1. The molecular weight excluding hydrogens is 324 g/mol. The van der Waals surface area contributed by atoms with Crippen LogP contribution in [0.5, 0.6) is 0 Å². The zero-order chi connectivity index (χ0) is 14.3. The first-order valence-corrected chi connectivity index (χ1v) is 7.32. The lowest BCUT2D eigenvalue weighted by Crippen LogP contribution is -2.43. The summed E-state index contributed by atoms with van der Waals surface area (Å²) in [6, 6.07) is 5.76. The van der Waals surface area contributed by atoms with E-state index >= 15 is 0 Å². The van der Waals surface area contributed by atoms with Gasteiger partial charge in [-0.3, -0.25) is 0 Å². The molecule has 1 saturated heterocycles. The highest BCUT2D eigenvalue weighted by atomic mass is 79.9. The van der Waals surface area contributed by atoms with Crippen molar-refractivity contribution in [3.05, 3.63) is 28.6 Å². The monoisotopic (exact) mass is 338 g/mol. The van der Waals surface area contributed by atoms with Crippen molar-refractivity contribution < 1.29 is 14.3 Å². The lowest BCUT2D eigenvalue weighted by Gasteiger charge is -2.35. The molecule has 0 bridgehead atoms. The van der Waals surface area contributed by atoms with Crippen molar-refractivity contribution in [3.63, 3.8) is 0 Å². The second kappa shape index (κ2) is 4.77. The number of carboxylic acid groups (broad SMARTS) is 1. The highest BCUT2D eigenvalue weighted by molar-refractivity contribution is 9.10. The molecule has 1 fully saturated rings. The van der Waals surface area contributed by atoms with Crippen LogP contribution in [0.3, 0.4) is 0 Å². The molecule has 6 heteroatoms. The van der Waals surface area contributed by atoms with Gasteiger partial charge in [0.2, 0.25) is 5.89 Å². The molecule has 2 aromatic rings. The quantitative estimate of drug-likeness (QED) is 0.862. The number of rotatable bonds is 1. The van der Waals surface area contributed by atoms with E-state index in [0.29, 0.717) is 19.0 Å². The van der Waals surface area contributed by atoms with Crippen molar-refractivity contribution in [2.24, 2.45) is 0 Å². The molecule has 0 unspecified atom stereocenters. The molecule has 106 valence electrons. The number of amides is 1. The summed E-state index contributed by atoms with van der Waals surface area (Å²) in [5, 5.41) is 9.01. The van der Waals surface area contributed by atoms with E-state index in [-0.39, 0.29) is 5.41 Å².